The van der Waals surface area contributed by atoms with Crippen molar-refractivity contribution in [1.82, 2.24) is 0 Å². The van der Waals surface area contributed by atoms with Gasteiger partial charge in [-0.05, 0) is 68.8 Å². The van der Waals surface area contributed by atoms with Crippen molar-refractivity contribution in [3.8, 4) is 5.75 Å². The first kappa shape index (κ1) is 18.3. The highest BCUT2D eigenvalue weighted by atomic mass is 35.5. The van der Waals surface area contributed by atoms with E-state index in [0.29, 0.717) is 24.9 Å². The Morgan fingerprint density at radius 2 is 1.86 bits per heavy atom. The number of ether oxygens (including phenoxy) is 1. The summed E-state index contributed by atoms with van der Waals surface area (Å²) in [5.41, 5.74) is 14.9. The number of nitrogens with two attached hydrogens (primary N) is 2. The number of aryl methyl sites for hydroxylation is 1. The van der Waals surface area contributed by atoms with Crippen molar-refractivity contribution in [3.63, 3.8) is 0 Å². The summed E-state index contributed by atoms with van der Waals surface area (Å²) in [5.74, 6) is 1.61. The van der Waals surface area contributed by atoms with E-state index in [1.807, 2.05) is 6.92 Å². The zero-order chi connectivity index (χ0) is 16.0. The van der Waals surface area contributed by atoms with Crippen molar-refractivity contribution in [1.29, 1.82) is 0 Å². The summed E-state index contributed by atoms with van der Waals surface area (Å²) in [6.45, 7) is 10.3. The predicted octanol–water partition coefficient (Wildman–Crippen LogP) is 3.77. The average Bonchev–Trinajstić information content (AvgIpc) is 2.47. The van der Waals surface area contributed by atoms with E-state index in [1.54, 1.807) is 0 Å². The molecule has 0 fully saturated rings. The van der Waals surface area contributed by atoms with Crippen molar-refractivity contribution in [2.24, 2.45) is 17.4 Å². The second-order valence-corrected chi connectivity index (χ2v) is 6.24. The van der Waals surface area contributed by atoms with Crippen LogP contribution in [0.4, 0.5) is 0 Å². The summed E-state index contributed by atoms with van der Waals surface area (Å²) in [7, 11) is 0. The minimum Gasteiger partial charge on any atom is -0.493 e. The highest BCUT2D eigenvalue weighted by molar-refractivity contribution is 6.32. The fraction of sp³-hybridized carbons (Fsp3) is 0.647. The fourth-order valence-electron chi connectivity index (χ4n) is 2.79. The average molecular weight is 313 g/mol. The quantitative estimate of drug-likeness (QED) is 0.768. The lowest BCUT2D eigenvalue weighted by Gasteiger charge is -2.24. The van der Waals surface area contributed by atoms with E-state index in [9.17, 15) is 0 Å². The van der Waals surface area contributed by atoms with E-state index < -0.39 is 0 Å². The molecule has 1 rings (SSSR count). The molecule has 0 aliphatic rings. The van der Waals surface area contributed by atoms with E-state index in [2.05, 4.69) is 26.8 Å². The van der Waals surface area contributed by atoms with Gasteiger partial charge >= 0.3 is 0 Å². The van der Waals surface area contributed by atoms with Crippen LogP contribution in [0.2, 0.25) is 5.02 Å². The minimum absolute atomic E-state index is 0.326. The molecular formula is C17H29ClN2O. The Hall–Kier alpha value is -0.770. The highest BCUT2D eigenvalue weighted by Crippen LogP contribution is 2.38. The van der Waals surface area contributed by atoms with Crippen LogP contribution in [0, 0.1) is 19.8 Å². The van der Waals surface area contributed by atoms with Crippen molar-refractivity contribution in [2.45, 2.75) is 46.5 Å². The Morgan fingerprint density at radius 3 is 2.38 bits per heavy atom. The lowest BCUT2D eigenvalue weighted by molar-refractivity contribution is 0.310. The number of hydrogen-bond donors (Lipinski definition) is 2. The Kier molecular flexibility index (Phi) is 7.50. The summed E-state index contributed by atoms with van der Waals surface area (Å²) in [5, 5.41) is 0.831. The van der Waals surface area contributed by atoms with E-state index in [0.717, 1.165) is 41.3 Å². The van der Waals surface area contributed by atoms with Gasteiger partial charge in [-0.1, -0.05) is 25.4 Å². The van der Waals surface area contributed by atoms with Crippen molar-refractivity contribution < 1.29 is 4.74 Å². The van der Waals surface area contributed by atoms with Gasteiger partial charge in [-0.25, -0.2) is 0 Å². The van der Waals surface area contributed by atoms with Gasteiger partial charge in [-0.15, -0.1) is 0 Å². The van der Waals surface area contributed by atoms with Crippen LogP contribution < -0.4 is 16.2 Å². The smallest absolute Gasteiger partial charge is 0.123 e. The molecule has 0 aromatic heterocycles. The van der Waals surface area contributed by atoms with E-state index >= 15 is 0 Å². The molecule has 0 heterocycles. The van der Waals surface area contributed by atoms with Gasteiger partial charge in [0.05, 0.1) is 6.61 Å². The molecule has 0 spiro atoms. The van der Waals surface area contributed by atoms with E-state index in [4.69, 9.17) is 27.8 Å². The Labute approximate surface area is 134 Å². The Bertz CT molecular complexity index is 459. The number of benzene rings is 1. The largest absolute Gasteiger partial charge is 0.493 e. The molecule has 1 aromatic carbocycles. The first-order valence-electron chi connectivity index (χ1n) is 7.78. The first-order chi connectivity index (χ1) is 9.96. The van der Waals surface area contributed by atoms with Gasteiger partial charge in [0.2, 0.25) is 0 Å². The third-order valence-electron chi connectivity index (χ3n) is 4.00. The van der Waals surface area contributed by atoms with Crippen molar-refractivity contribution >= 4 is 11.6 Å². The number of rotatable bonds is 8. The third-order valence-corrected chi connectivity index (χ3v) is 4.58. The van der Waals surface area contributed by atoms with Crippen LogP contribution in [-0.4, -0.2) is 19.7 Å². The molecule has 120 valence electrons. The third kappa shape index (κ3) is 4.60. The van der Waals surface area contributed by atoms with Crippen LogP contribution in [-0.2, 0) is 0 Å². The summed E-state index contributed by atoms with van der Waals surface area (Å²) >= 11 is 6.43. The lowest BCUT2D eigenvalue weighted by atomic mass is 9.86. The summed E-state index contributed by atoms with van der Waals surface area (Å²) in [6.07, 6.45) is 1.94. The van der Waals surface area contributed by atoms with Crippen LogP contribution in [0.5, 0.6) is 5.75 Å². The molecule has 0 saturated heterocycles. The summed E-state index contributed by atoms with van der Waals surface area (Å²) in [6, 6.07) is 2.05. The second kappa shape index (κ2) is 8.62. The van der Waals surface area contributed by atoms with Gasteiger partial charge in [0.25, 0.3) is 0 Å². The number of halogens is 1. The zero-order valence-electron chi connectivity index (χ0n) is 13.7. The molecule has 0 radical (unpaired) electrons. The lowest BCUT2D eigenvalue weighted by Crippen LogP contribution is -2.25. The molecular weight excluding hydrogens is 284 g/mol. The Balaban J connectivity index is 3.14. The van der Waals surface area contributed by atoms with E-state index in [-0.39, 0.29) is 0 Å². The Morgan fingerprint density at radius 1 is 1.24 bits per heavy atom. The molecule has 1 unspecified atom stereocenters. The molecule has 3 nitrogen and oxygen atoms in total. The molecule has 0 aliphatic carbocycles. The highest BCUT2D eigenvalue weighted by Gasteiger charge is 2.21. The molecule has 1 aromatic rings. The van der Waals surface area contributed by atoms with Crippen LogP contribution in [0.15, 0.2) is 6.07 Å². The van der Waals surface area contributed by atoms with Gasteiger partial charge in [-0.2, -0.15) is 0 Å². The maximum absolute atomic E-state index is 6.43. The fourth-order valence-corrected chi connectivity index (χ4v) is 2.94. The summed E-state index contributed by atoms with van der Waals surface area (Å²) < 4.78 is 5.95. The number of hydrogen-bond acceptors (Lipinski definition) is 3. The maximum Gasteiger partial charge on any atom is 0.123 e. The second-order valence-electron chi connectivity index (χ2n) is 5.87. The van der Waals surface area contributed by atoms with Gasteiger partial charge in [-0.3, -0.25) is 0 Å². The molecule has 0 amide bonds. The molecule has 4 N–H and O–H groups in total. The summed E-state index contributed by atoms with van der Waals surface area (Å²) in [4.78, 5) is 0. The molecule has 0 saturated carbocycles. The van der Waals surface area contributed by atoms with Crippen LogP contribution in [0.3, 0.4) is 0 Å². The predicted molar refractivity (Wildman–Crippen MR) is 91.3 cm³/mol. The van der Waals surface area contributed by atoms with Crippen molar-refractivity contribution in [3.05, 3.63) is 27.8 Å². The van der Waals surface area contributed by atoms with Crippen LogP contribution in [0.25, 0.3) is 0 Å². The monoisotopic (exact) mass is 312 g/mol. The van der Waals surface area contributed by atoms with Gasteiger partial charge in [0.1, 0.15) is 5.75 Å². The van der Waals surface area contributed by atoms with Crippen LogP contribution in [0.1, 0.15) is 49.3 Å². The van der Waals surface area contributed by atoms with Gasteiger partial charge in [0.15, 0.2) is 0 Å². The SMILES string of the molecule is CCCOc1cc(C)c(Cl)c(C)c1C(C)CC(CN)CN. The molecule has 0 aliphatic heterocycles. The van der Waals surface area contributed by atoms with Gasteiger partial charge in [0, 0.05) is 10.6 Å². The zero-order valence-corrected chi connectivity index (χ0v) is 14.5. The standard InChI is InChI=1S/C17H29ClN2O/c1-5-6-21-15-8-12(3)17(18)13(4)16(15)11(2)7-14(9-19)10-20/h8,11,14H,5-7,9-10,19-20H2,1-4H3. The van der Waals surface area contributed by atoms with Crippen LogP contribution >= 0.6 is 11.6 Å². The molecule has 21 heavy (non-hydrogen) atoms. The maximum atomic E-state index is 6.43. The first-order valence-corrected chi connectivity index (χ1v) is 8.16. The van der Waals surface area contributed by atoms with Gasteiger partial charge < -0.3 is 16.2 Å². The normalized spacial score (nSPS) is 12.8. The minimum atomic E-state index is 0.326. The van der Waals surface area contributed by atoms with E-state index in [1.165, 1.54) is 5.56 Å². The molecule has 4 heteroatoms. The topological polar surface area (TPSA) is 61.3 Å². The molecule has 0 bridgehead atoms. The molecule has 1 atom stereocenters. The van der Waals surface area contributed by atoms with Crippen molar-refractivity contribution in [2.75, 3.05) is 19.7 Å².